The molecule has 0 fully saturated rings. The smallest absolute Gasteiger partial charge is 1.00 e. The number of carboxylic acid groups (broad SMARTS) is 2. The fourth-order valence-corrected chi connectivity index (χ4v) is 0.143. The maximum absolute atomic E-state index is 9.55. The van der Waals surface area contributed by atoms with Crippen LogP contribution in [0.5, 0.6) is 0 Å². The Kier molecular flexibility index (Phi) is 13.4. The van der Waals surface area contributed by atoms with E-state index in [1.54, 1.807) is 0 Å². The quantitative estimate of drug-likeness (QED) is 0.230. The molecule has 0 heterocycles. The predicted octanol–water partition coefficient (Wildman–Crippen LogP) is -1.37. The minimum atomic E-state index is -4.64. The molecule has 0 radical (unpaired) electrons. The zero-order chi connectivity index (χ0) is 11.1. The first-order chi connectivity index (χ1) is 5.63. The summed E-state index contributed by atoms with van der Waals surface area (Å²) in [5.74, 6) is -2.51. The number of hydrogen-bond acceptors (Lipinski definition) is 3. The van der Waals surface area contributed by atoms with Crippen molar-refractivity contribution in [3.8, 4) is 0 Å². The molecule has 0 aliphatic rings. The average molecular weight is 256 g/mol. The second-order valence-corrected chi connectivity index (χ2v) is 2.55. The van der Waals surface area contributed by atoms with Crippen LogP contribution in [0.2, 0.25) is 0 Å². The van der Waals surface area contributed by atoms with Crippen LogP contribution in [0.4, 0.5) is 0 Å². The van der Waals surface area contributed by atoms with Crippen LogP contribution in [0, 0.1) is 0 Å². The topological polar surface area (TPSA) is 152 Å². The van der Waals surface area contributed by atoms with E-state index in [0.29, 0.717) is 12.2 Å². The van der Waals surface area contributed by atoms with Gasteiger partial charge in [-0.1, -0.05) is 0 Å². The van der Waals surface area contributed by atoms with Gasteiger partial charge in [-0.3, -0.25) is 0 Å². The Labute approximate surface area is 111 Å². The van der Waals surface area contributed by atoms with Crippen molar-refractivity contribution >= 4 is 57.5 Å². The normalized spacial score (nSPS) is 9.64. The number of carbonyl (C=O) groups is 2. The average Bonchev–Trinajstić information content (AvgIpc) is 1.79. The van der Waals surface area contributed by atoms with Crippen molar-refractivity contribution in [1.29, 1.82) is 0 Å². The molecule has 0 bridgehead atoms. The molecule has 0 aromatic carbocycles. The molecule has 0 aliphatic carbocycles. The van der Waals surface area contributed by atoms with Gasteiger partial charge in [0, 0.05) is 12.2 Å². The Balaban J connectivity index is -0.0000000454. The van der Waals surface area contributed by atoms with Crippen molar-refractivity contribution in [1.82, 2.24) is 0 Å². The number of carboxylic acids is 2. The Morgan fingerprint density at radius 3 is 1.21 bits per heavy atom. The molecule has 0 spiro atoms. The van der Waals surface area contributed by atoms with Gasteiger partial charge < -0.3 is 27.7 Å². The molecule has 0 aromatic heterocycles. The molecule has 14 heavy (non-hydrogen) atoms. The molecule has 10 heteroatoms. The van der Waals surface area contributed by atoms with E-state index >= 15 is 0 Å². The van der Waals surface area contributed by atoms with Crippen molar-refractivity contribution in [3.63, 3.8) is 0 Å². The van der Waals surface area contributed by atoms with Crippen molar-refractivity contribution in [3.05, 3.63) is 12.2 Å². The van der Waals surface area contributed by atoms with E-state index in [4.69, 9.17) is 29.5 Å². The van der Waals surface area contributed by atoms with E-state index < -0.39 is 19.8 Å². The Bertz CT molecular complexity index is 238. The van der Waals surface area contributed by atoms with Crippen LogP contribution in [-0.4, -0.2) is 74.6 Å². The van der Waals surface area contributed by atoms with E-state index in [9.17, 15) is 9.59 Å². The van der Waals surface area contributed by atoms with Crippen molar-refractivity contribution in [2.75, 3.05) is 0 Å². The molecule has 0 saturated carbocycles. The van der Waals surface area contributed by atoms with Gasteiger partial charge in [-0.2, -0.15) is 0 Å². The summed E-state index contributed by atoms with van der Waals surface area (Å²) in [5, 5.41) is 15.6. The Hall–Kier alpha value is 0.0497. The number of rotatable bonds is 2. The van der Waals surface area contributed by atoms with E-state index in [1.807, 2.05) is 0 Å². The third kappa shape index (κ3) is 57.7. The summed E-state index contributed by atoms with van der Waals surface area (Å²) < 4.78 is 8.88. The van der Waals surface area contributed by atoms with Crippen LogP contribution in [0.3, 0.4) is 0 Å². The number of phosphoric acid groups is 1. The first kappa shape index (κ1) is 19.6. The van der Waals surface area contributed by atoms with Crippen LogP contribution in [-0.2, 0) is 14.2 Å². The molecule has 80 valence electrons. The molecule has 0 rings (SSSR count). The number of aliphatic carboxylic acids is 2. The van der Waals surface area contributed by atoms with E-state index in [0.717, 1.165) is 0 Å². The molecule has 0 atom stereocenters. The van der Waals surface area contributed by atoms with E-state index in [1.165, 1.54) is 0 Å². The van der Waals surface area contributed by atoms with E-state index in [2.05, 4.69) is 0 Å². The largest absolute Gasteiger partial charge is 2.00 e. The first-order valence-corrected chi connectivity index (χ1v) is 4.11. The molecular weight excluding hydrogens is 247 g/mol. The van der Waals surface area contributed by atoms with Gasteiger partial charge in [-0.05, 0) is 0 Å². The maximum atomic E-state index is 9.55. The van der Waals surface area contributed by atoms with Gasteiger partial charge in [0.15, 0.2) is 0 Å². The molecule has 0 amide bonds. The van der Waals surface area contributed by atoms with Crippen LogP contribution in [0.15, 0.2) is 12.2 Å². The van der Waals surface area contributed by atoms with Crippen LogP contribution in [0.1, 0.15) is 2.85 Å². The zero-order valence-corrected chi connectivity index (χ0v) is 9.87. The van der Waals surface area contributed by atoms with Crippen LogP contribution < -0.4 is 0 Å². The zero-order valence-electron chi connectivity index (χ0n) is 8.77. The molecule has 0 aliphatic heterocycles. The second kappa shape index (κ2) is 9.60. The number of hydrogen-bond donors (Lipinski definition) is 5. The van der Waals surface area contributed by atoms with Crippen molar-refractivity contribution < 1.29 is 41.9 Å². The third-order valence-electron chi connectivity index (χ3n) is 0.368. The summed E-state index contributed by atoms with van der Waals surface area (Å²) in [7, 11) is -4.64. The SMILES string of the molecule is O=C(O)/C=C/C(=O)O.O=P(O)(O)O.[Ca+2].[H-].[H-]. The monoisotopic (exact) mass is 256 g/mol. The minimum absolute atomic E-state index is 0. The predicted molar refractivity (Wildman–Crippen MR) is 46.7 cm³/mol. The molecule has 5 N–H and O–H groups in total. The minimum Gasteiger partial charge on any atom is -1.00 e. The maximum Gasteiger partial charge on any atom is 2.00 e. The Morgan fingerprint density at radius 1 is 1.00 bits per heavy atom. The first-order valence-electron chi connectivity index (χ1n) is 2.55. The third-order valence-corrected chi connectivity index (χ3v) is 0.368. The summed E-state index contributed by atoms with van der Waals surface area (Å²) >= 11 is 0. The van der Waals surface area contributed by atoms with Gasteiger partial charge in [-0.15, -0.1) is 0 Å². The van der Waals surface area contributed by atoms with Gasteiger partial charge in [0.05, 0.1) is 0 Å². The molecule has 8 nitrogen and oxygen atoms in total. The van der Waals surface area contributed by atoms with Crippen LogP contribution in [0.25, 0.3) is 0 Å². The van der Waals surface area contributed by atoms with E-state index in [-0.39, 0.29) is 40.6 Å². The molecule has 0 saturated heterocycles. The van der Waals surface area contributed by atoms with Gasteiger partial charge in [-0.25, -0.2) is 14.2 Å². The summed E-state index contributed by atoms with van der Waals surface area (Å²) in [6.45, 7) is 0. The standard InChI is InChI=1S/C4H4O4.Ca.H3O4P.2H/c5-3(6)1-2-4(7)8;;1-5(2,3)4;;/h1-2H,(H,5,6)(H,7,8);;(H3,1,2,3,4);;/q;+2;;2*-1/b2-1+;;;;. The van der Waals surface area contributed by atoms with Gasteiger partial charge in [0.2, 0.25) is 0 Å². The Morgan fingerprint density at radius 2 is 1.14 bits per heavy atom. The fraction of sp³-hybridized carbons (Fsp3) is 0. The second-order valence-electron chi connectivity index (χ2n) is 1.52. The van der Waals surface area contributed by atoms with Crippen molar-refractivity contribution in [2.24, 2.45) is 0 Å². The summed E-state index contributed by atoms with van der Waals surface area (Å²) in [6, 6.07) is 0. The summed E-state index contributed by atoms with van der Waals surface area (Å²) in [6.07, 6.45) is 1.12. The molecule has 0 aromatic rings. The van der Waals surface area contributed by atoms with Gasteiger partial charge in [0.1, 0.15) is 0 Å². The van der Waals surface area contributed by atoms with Gasteiger partial charge >= 0.3 is 57.5 Å². The molecular formula is C4H9CaO8P. The summed E-state index contributed by atoms with van der Waals surface area (Å²) in [5.41, 5.74) is 0. The summed E-state index contributed by atoms with van der Waals surface area (Å²) in [4.78, 5) is 40.7. The fourth-order valence-electron chi connectivity index (χ4n) is 0.143. The van der Waals surface area contributed by atoms with Gasteiger partial charge in [0.25, 0.3) is 0 Å². The molecule has 0 unspecified atom stereocenters. The van der Waals surface area contributed by atoms with Crippen molar-refractivity contribution in [2.45, 2.75) is 0 Å². The van der Waals surface area contributed by atoms with Crippen LogP contribution >= 0.6 is 7.82 Å².